The van der Waals surface area contributed by atoms with Gasteiger partial charge < -0.3 is 45.4 Å². The van der Waals surface area contributed by atoms with Crippen molar-refractivity contribution in [2.24, 2.45) is 0 Å². The van der Waals surface area contributed by atoms with Crippen molar-refractivity contribution in [2.75, 3.05) is 13.2 Å². The molecule has 8 unspecified atom stereocenters. The Balaban J connectivity index is 2.47. The predicted octanol–water partition coefficient (Wildman–Crippen LogP) is 7.69. The zero-order valence-electron chi connectivity index (χ0n) is 34.3. The van der Waals surface area contributed by atoms with Gasteiger partial charge in [-0.1, -0.05) is 179 Å². The number of ether oxygens (including phenoxy) is 2. The average molecular weight is 770 g/mol. The molecule has 0 bridgehead atoms. The van der Waals surface area contributed by atoms with Gasteiger partial charge in [0.05, 0.1) is 25.4 Å². The van der Waals surface area contributed by atoms with E-state index in [1.807, 2.05) is 6.08 Å². The Morgan fingerprint density at radius 2 is 1.09 bits per heavy atom. The molecule has 0 aromatic heterocycles. The Labute approximate surface area is 329 Å². The van der Waals surface area contributed by atoms with Crippen LogP contribution in [0.25, 0.3) is 0 Å². The van der Waals surface area contributed by atoms with E-state index in [0.717, 1.165) is 32.1 Å². The van der Waals surface area contributed by atoms with Gasteiger partial charge in [-0.15, -0.1) is 0 Å². The van der Waals surface area contributed by atoms with Gasteiger partial charge in [0.1, 0.15) is 30.5 Å². The van der Waals surface area contributed by atoms with Crippen molar-refractivity contribution in [3.63, 3.8) is 0 Å². The van der Waals surface area contributed by atoms with Crippen LogP contribution in [-0.4, -0.2) is 98.7 Å². The van der Waals surface area contributed by atoms with Gasteiger partial charge in [0.2, 0.25) is 5.91 Å². The van der Waals surface area contributed by atoms with Crippen molar-refractivity contribution in [3.05, 3.63) is 24.3 Å². The molecule has 0 radical (unpaired) electrons. The molecule has 10 nitrogen and oxygen atoms in total. The Morgan fingerprint density at radius 3 is 1.61 bits per heavy atom. The minimum Gasteiger partial charge on any atom is -0.394 e. The van der Waals surface area contributed by atoms with E-state index in [2.05, 4.69) is 31.3 Å². The summed E-state index contributed by atoms with van der Waals surface area (Å²) in [6, 6.07) is -0.991. The zero-order chi connectivity index (χ0) is 39.7. The van der Waals surface area contributed by atoms with Crippen LogP contribution in [0.15, 0.2) is 24.3 Å². The summed E-state index contributed by atoms with van der Waals surface area (Å²) in [6.07, 6.45) is 29.8. The van der Waals surface area contributed by atoms with E-state index in [9.17, 15) is 35.4 Å². The summed E-state index contributed by atoms with van der Waals surface area (Å²) >= 11 is 0. The second-order valence-electron chi connectivity index (χ2n) is 15.6. The summed E-state index contributed by atoms with van der Waals surface area (Å²) in [6.45, 7) is 3.57. The maximum Gasteiger partial charge on any atom is 0.249 e. The number of allylic oxidation sites excluding steroid dienone is 3. The van der Waals surface area contributed by atoms with Crippen LogP contribution in [0.4, 0.5) is 0 Å². The lowest BCUT2D eigenvalue weighted by Crippen LogP contribution is -2.60. The second kappa shape index (κ2) is 34.8. The Bertz CT molecular complexity index is 916. The summed E-state index contributed by atoms with van der Waals surface area (Å²) in [5, 5.41) is 64.5. The lowest BCUT2D eigenvalue weighted by molar-refractivity contribution is -0.302. The van der Waals surface area contributed by atoms with Gasteiger partial charge in [-0.3, -0.25) is 4.79 Å². The Hall–Kier alpha value is -1.37. The first-order valence-corrected chi connectivity index (χ1v) is 22.2. The van der Waals surface area contributed by atoms with E-state index in [4.69, 9.17) is 9.47 Å². The monoisotopic (exact) mass is 770 g/mol. The molecular weight excluding hydrogens is 686 g/mol. The highest BCUT2D eigenvalue weighted by Crippen LogP contribution is 2.22. The molecule has 1 amide bonds. The minimum atomic E-state index is -1.61. The molecule has 0 saturated carbocycles. The third-order valence-electron chi connectivity index (χ3n) is 10.6. The van der Waals surface area contributed by atoms with E-state index in [1.165, 1.54) is 122 Å². The van der Waals surface area contributed by atoms with Crippen LogP contribution in [-0.2, 0) is 14.3 Å². The maximum atomic E-state index is 13.0. The number of aliphatic hydroxyl groups is 6. The molecule has 0 spiro atoms. The van der Waals surface area contributed by atoms with E-state index in [1.54, 1.807) is 6.08 Å². The standard InChI is InChI=1S/C44H83NO9/c1-3-5-7-9-11-13-15-17-19-21-23-25-27-29-31-33-38(48)43(52)45-36(35-53-44-42(51)41(50)40(49)39(34-46)54-44)37(47)32-30-28-26-24-22-20-18-16-14-12-10-8-6-4-2/h22,24,30,32,36-42,44,46-51H,3-21,23,25-29,31,33-35H2,1-2H3,(H,45,52). The molecule has 1 fully saturated rings. The number of hydrogen-bond acceptors (Lipinski definition) is 9. The fourth-order valence-corrected chi connectivity index (χ4v) is 6.94. The molecule has 1 heterocycles. The first kappa shape index (κ1) is 50.6. The molecule has 1 aliphatic heterocycles. The molecule has 0 aromatic rings. The van der Waals surface area contributed by atoms with Crippen LogP contribution >= 0.6 is 0 Å². The molecule has 318 valence electrons. The Kier molecular flexibility index (Phi) is 32.7. The number of aliphatic hydroxyl groups excluding tert-OH is 6. The van der Waals surface area contributed by atoms with Crippen molar-refractivity contribution in [3.8, 4) is 0 Å². The van der Waals surface area contributed by atoms with E-state index >= 15 is 0 Å². The summed E-state index contributed by atoms with van der Waals surface area (Å²) in [5.74, 6) is -0.626. The number of carbonyl (C=O) groups is 1. The predicted molar refractivity (Wildman–Crippen MR) is 218 cm³/mol. The molecule has 10 heteroatoms. The summed E-state index contributed by atoms with van der Waals surface area (Å²) in [5.41, 5.74) is 0. The summed E-state index contributed by atoms with van der Waals surface area (Å²) < 4.78 is 11.1. The summed E-state index contributed by atoms with van der Waals surface area (Å²) in [7, 11) is 0. The van der Waals surface area contributed by atoms with E-state index in [0.29, 0.717) is 19.3 Å². The highest BCUT2D eigenvalue weighted by Gasteiger charge is 2.44. The topological polar surface area (TPSA) is 169 Å². The van der Waals surface area contributed by atoms with Gasteiger partial charge in [-0.2, -0.15) is 0 Å². The fourth-order valence-electron chi connectivity index (χ4n) is 6.94. The molecule has 54 heavy (non-hydrogen) atoms. The number of nitrogens with one attached hydrogen (secondary N) is 1. The second-order valence-corrected chi connectivity index (χ2v) is 15.6. The van der Waals surface area contributed by atoms with Crippen molar-refractivity contribution < 1.29 is 44.9 Å². The smallest absolute Gasteiger partial charge is 0.249 e. The van der Waals surface area contributed by atoms with Gasteiger partial charge in [0, 0.05) is 0 Å². The van der Waals surface area contributed by atoms with E-state index in [-0.39, 0.29) is 6.61 Å². The quantitative estimate of drug-likeness (QED) is 0.0250. The first-order valence-electron chi connectivity index (χ1n) is 22.2. The third-order valence-corrected chi connectivity index (χ3v) is 10.6. The van der Waals surface area contributed by atoms with Gasteiger partial charge in [0.15, 0.2) is 6.29 Å². The highest BCUT2D eigenvalue weighted by molar-refractivity contribution is 5.80. The van der Waals surface area contributed by atoms with Crippen LogP contribution in [0.5, 0.6) is 0 Å². The molecule has 0 aromatic carbocycles. The number of amides is 1. The van der Waals surface area contributed by atoms with Crippen LogP contribution in [0.1, 0.15) is 187 Å². The normalized spacial score (nSPS) is 22.3. The SMILES string of the molecule is CCCCCCCCCCC=CCCC=CC(O)C(COC1OC(CO)C(O)C(O)C1O)NC(=O)C(O)CCCCCCCCCCCCCCCCC. The summed E-state index contributed by atoms with van der Waals surface area (Å²) in [4.78, 5) is 13.0. The molecule has 1 rings (SSSR count). The van der Waals surface area contributed by atoms with Crippen LogP contribution in [0, 0.1) is 0 Å². The molecule has 0 aliphatic carbocycles. The zero-order valence-corrected chi connectivity index (χ0v) is 34.3. The highest BCUT2D eigenvalue weighted by atomic mass is 16.7. The van der Waals surface area contributed by atoms with Crippen molar-refractivity contribution in [2.45, 2.75) is 236 Å². The van der Waals surface area contributed by atoms with Gasteiger partial charge in [-0.25, -0.2) is 0 Å². The fraction of sp³-hybridized carbons (Fsp3) is 0.886. The third kappa shape index (κ3) is 25.0. The molecule has 1 aliphatic rings. The lowest BCUT2D eigenvalue weighted by Gasteiger charge is -2.40. The molecule has 1 saturated heterocycles. The maximum absolute atomic E-state index is 13.0. The lowest BCUT2D eigenvalue weighted by atomic mass is 9.99. The van der Waals surface area contributed by atoms with Crippen LogP contribution < -0.4 is 5.32 Å². The Morgan fingerprint density at radius 1 is 0.630 bits per heavy atom. The van der Waals surface area contributed by atoms with Crippen molar-refractivity contribution in [1.29, 1.82) is 0 Å². The number of unbranched alkanes of at least 4 members (excludes halogenated alkanes) is 23. The number of carbonyl (C=O) groups excluding carboxylic acids is 1. The van der Waals surface area contributed by atoms with Gasteiger partial charge in [0.25, 0.3) is 0 Å². The first-order chi connectivity index (χ1) is 26.3. The minimum absolute atomic E-state index is 0.307. The van der Waals surface area contributed by atoms with Crippen LogP contribution in [0.2, 0.25) is 0 Å². The molecule has 8 atom stereocenters. The largest absolute Gasteiger partial charge is 0.394 e. The van der Waals surface area contributed by atoms with Gasteiger partial charge >= 0.3 is 0 Å². The van der Waals surface area contributed by atoms with Gasteiger partial charge in [-0.05, 0) is 32.1 Å². The average Bonchev–Trinajstić information content (AvgIpc) is 3.17. The number of hydrogen-bond donors (Lipinski definition) is 7. The van der Waals surface area contributed by atoms with E-state index < -0.39 is 61.5 Å². The van der Waals surface area contributed by atoms with Crippen molar-refractivity contribution >= 4 is 5.91 Å². The van der Waals surface area contributed by atoms with Crippen molar-refractivity contribution in [1.82, 2.24) is 5.32 Å². The number of rotatable bonds is 36. The van der Waals surface area contributed by atoms with Crippen LogP contribution in [0.3, 0.4) is 0 Å². The molecule has 7 N–H and O–H groups in total. The molecular formula is C44H83NO9.